The van der Waals surface area contributed by atoms with Crippen LogP contribution in [0, 0.1) is 0 Å². The van der Waals surface area contributed by atoms with Crippen molar-refractivity contribution in [3.63, 3.8) is 0 Å². The second-order valence-corrected chi connectivity index (χ2v) is 12.1. The van der Waals surface area contributed by atoms with Gasteiger partial charge in [-0.2, -0.15) is 0 Å². The minimum absolute atomic E-state index is 0.806. The molecule has 0 fully saturated rings. The highest BCUT2D eigenvalue weighted by Crippen LogP contribution is 2.03. The van der Waals surface area contributed by atoms with Gasteiger partial charge in [0.25, 0.3) is 0 Å². The largest absolute Gasteiger partial charge is 0.397 e. The van der Waals surface area contributed by atoms with Crippen molar-refractivity contribution in [2.24, 2.45) is 0 Å². The van der Waals surface area contributed by atoms with Gasteiger partial charge in [-0.3, -0.25) is 0 Å². The van der Waals surface area contributed by atoms with E-state index in [1.165, 1.54) is 12.8 Å². The Balaban J connectivity index is 0. The van der Waals surface area contributed by atoms with Crippen molar-refractivity contribution in [3.8, 4) is 0 Å². The zero-order chi connectivity index (χ0) is 13.7. The van der Waals surface area contributed by atoms with Crippen LogP contribution in [0.3, 0.4) is 0 Å². The molecule has 0 aliphatic carbocycles. The lowest BCUT2D eigenvalue weighted by molar-refractivity contribution is 0.213. The molecular weight excluding hydrogens is 246 g/mol. The number of unbranched alkanes of at least 4 members (excludes halogenated alkanes) is 1. The quantitative estimate of drug-likeness (QED) is 0.693. The van der Waals surface area contributed by atoms with Crippen molar-refractivity contribution in [3.05, 3.63) is 0 Å². The van der Waals surface area contributed by atoms with Crippen LogP contribution in [-0.2, 0) is 8.85 Å². The first-order chi connectivity index (χ1) is 7.91. The predicted octanol–water partition coefficient (Wildman–Crippen LogP) is 3.12. The van der Waals surface area contributed by atoms with Gasteiger partial charge < -0.3 is 13.8 Å². The molecule has 0 saturated carbocycles. The van der Waals surface area contributed by atoms with Crippen molar-refractivity contribution in [1.29, 1.82) is 0 Å². The van der Waals surface area contributed by atoms with Gasteiger partial charge in [-0.1, -0.05) is 39.4 Å². The fraction of sp³-hybridized carbons (Fsp3) is 1.00. The highest BCUT2D eigenvalue weighted by atomic mass is 28.3. The lowest BCUT2D eigenvalue weighted by Gasteiger charge is -2.13. The molecule has 0 saturated heterocycles. The minimum atomic E-state index is -1.25. The summed E-state index contributed by atoms with van der Waals surface area (Å²) in [7, 11) is -0.113. The maximum Gasteiger partial charge on any atom is 0.321 e. The van der Waals surface area contributed by atoms with Crippen LogP contribution in [0.1, 0.15) is 33.6 Å². The highest BCUT2D eigenvalue weighted by molar-refractivity contribution is 6.73. The first-order valence-electron chi connectivity index (χ1n) is 6.83. The third-order valence-electron chi connectivity index (χ3n) is 2.25. The Bertz CT molecular complexity index is 146. The van der Waals surface area contributed by atoms with E-state index in [0.29, 0.717) is 0 Å². The summed E-state index contributed by atoms with van der Waals surface area (Å²) in [6.45, 7) is 14.7. The van der Waals surface area contributed by atoms with E-state index in [9.17, 15) is 0 Å². The molecule has 0 aliphatic rings. The summed E-state index contributed by atoms with van der Waals surface area (Å²) >= 11 is 0. The van der Waals surface area contributed by atoms with Crippen molar-refractivity contribution in [1.82, 2.24) is 4.98 Å². The lowest BCUT2D eigenvalue weighted by Crippen LogP contribution is -2.37. The Morgan fingerprint density at radius 1 is 1.00 bits per heavy atom. The summed E-state index contributed by atoms with van der Waals surface area (Å²) in [6.07, 6.45) is 2.49. The molecule has 0 bridgehead atoms. The van der Waals surface area contributed by atoms with Crippen LogP contribution in [-0.4, -0.2) is 37.8 Å². The molecule has 0 spiro atoms. The highest BCUT2D eigenvalue weighted by Gasteiger charge is 2.09. The van der Waals surface area contributed by atoms with E-state index < -0.39 is 17.5 Å². The normalized spacial score (nSPS) is 11.3. The summed E-state index contributed by atoms with van der Waals surface area (Å²) < 4.78 is 11.0. The number of nitrogens with one attached hydrogen (secondary N) is 1. The van der Waals surface area contributed by atoms with Crippen molar-refractivity contribution >= 4 is 17.5 Å². The maximum atomic E-state index is 5.50. The molecule has 17 heavy (non-hydrogen) atoms. The summed E-state index contributed by atoms with van der Waals surface area (Å²) in [5, 5.41) is 0. The molecule has 0 aromatic rings. The van der Waals surface area contributed by atoms with Gasteiger partial charge in [0.1, 0.15) is 8.24 Å². The fourth-order valence-electron chi connectivity index (χ4n) is 0.957. The predicted molar refractivity (Wildman–Crippen MR) is 82.5 cm³/mol. The van der Waals surface area contributed by atoms with Crippen LogP contribution in [0.2, 0.25) is 25.7 Å². The first kappa shape index (κ1) is 19.6. The monoisotopic (exact) mass is 279 g/mol. The molecule has 106 valence electrons. The Kier molecular flexibility index (Phi) is 14.8. The second kappa shape index (κ2) is 12.8. The van der Waals surface area contributed by atoms with Crippen molar-refractivity contribution in [2.45, 2.75) is 59.3 Å². The van der Waals surface area contributed by atoms with Crippen LogP contribution in [0.5, 0.6) is 0 Å². The van der Waals surface area contributed by atoms with Crippen LogP contribution in [0.15, 0.2) is 0 Å². The molecule has 0 amide bonds. The van der Waals surface area contributed by atoms with E-state index in [-0.39, 0.29) is 0 Å². The molecule has 0 aliphatic heterocycles. The maximum absolute atomic E-state index is 5.50. The van der Waals surface area contributed by atoms with Gasteiger partial charge in [0.15, 0.2) is 0 Å². The molecule has 3 nitrogen and oxygen atoms in total. The van der Waals surface area contributed by atoms with E-state index in [2.05, 4.69) is 31.5 Å². The van der Waals surface area contributed by atoms with Gasteiger partial charge >= 0.3 is 9.28 Å². The van der Waals surface area contributed by atoms with E-state index in [1.54, 1.807) is 0 Å². The van der Waals surface area contributed by atoms with Crippen LogP contribution in [0.4, 0.5) is 0 Å². The summed E-state index contributed by atoms with van der Waals surface area (Å²) in [4.78, 5) is 3.24. The molecule has 0 aromatic heterocycles. The fourth-order valence-corrected chi connectivity index (χ4v) is 2.87. The Hall–Kier alpha value is 0.314. The zero-order valence-corrected chi connectivity index (χ0v) is 15.1. The third-order valence-corrected chi connectivity index (χ3v) is 6.04. The molecule has 0 aromatic carbocycles. The Morgan fingerprint density at radius 2 is 1.41 bits per heavy atom. The molecular formula is C12H33NO2Si2. The standard InChI is InChI=1S/C8H20O2Si.C4H13NSi/c1-4-7-8-11(9-5-2)10-6-3;1-5-6(2,3)4/h11H,4-8H2,1-3H3;5H,1-4H3. The summed E-state index contributed by atoms with van der Waals surface area (Å²) in [6, 6.07) is 1.16. The van der Waals surface area contributed by atoms with Gasteiger partial charge in [0.2, 0.25) is 0 Å². The van der Waals surface area contributed by atoms with Crippen molar-refractivity contribution in [2.75, 3.05) is 20.3 Å². The number of rotatable bonds is 8. The third kappa shape index (κ3) is 18.9. The Morgan fingerprint density at radius 3 is 1.65 bits per heavy atom. The van der Waals surface area contributed by atoms with Gasteiger partial charge in [-0.05, 0) is 26.9 Å². The van der Waals surface area contributed by atoms with Crippen LogP contribution >= 0.6 is 0 Å². The average Bonchev–Trinajstić information content (AvgIpc) is 2.26. The molecule has 5 heteroatoms. The van der Waals surface area contributed by atoms with Crippen molar-refractivity contribution < 1.29 is 8.85 Å². The average molecular weight is 280 g/mol. The molecule has 1 N–H and O–H groups in total. The zero-order valence-electron chi connectivity index (χ0n) is 12.9. The minimum Gasteiger partial charge on any atom is -0.397 e. The smallest absolute Gasteiger partial charge is 0.321 e. The van der Waals surface area contributed by atoms with E-state index >= 15 is 0 Å². The SMILES string of the molecule is CCCC[SiH](OCC)OCC.CN[Si](C)(C)C. The van der Waals surface area contributed by atoms with Crippen LogP contribution in [0.25, 0.3) is 0 Å². The van der Waals surface area contributed by atoms with Gasteiger partial charge in [-0.15, -0.1) is 0 Å². The number of hydrogen-bond donors (Lipinski definition) is 1. The summed E-state index contributed by atoms with van der Waals surface area (Å²) in [5.41, 5.74) is 0. The molecule has 0 rings (SSSR count). The lowest BCUT2D eigenvalue weighted by atomic mass is 10.4. The number of hydrogen-bond acceptors (Lipinski definition) is 3. The van der Waals surface area contributed by atoms with E-state index in [4.69, 9.17) is 8.85 Å². The van der Waals surface area contributed by atoms with E-state index in [1.807, 2.05) is 20.9 Å². The van der Waals surface area contributed by atoms with Gasteiger partial charge in [0.05, 0.1) is 0 Å². The Labute approximate surface area is 111 Å². The summed E-state index contributed by atoms with van der Waals surface area (Å²) in [5.74, 6) is 0. The van der Waals surface area contributed by atoms with E-state index in [0.717, 1.165) is 19.3 Å². The molecule has 0 heterocycles. The van der Waals surface area contributed by atoms with Gasteiger partial charge in [-0.25, -0.2) is 0 Å². The molecule has 0 radical (unpaired) electrons. The topological polar surface area (TPSA) is 30.5 Å². The van der Waals surface area contributed by atoms with Gasteiger partial charge in [0, 0.05) is 13.2 Å². The molecule has 0 atom stereocenters. The molecule has 0 unspecified atom stereocenters. The second-order valence-electron chi connectivity index (χ2n) is 4.98. The first-order valence-corrected chi connectivity index (χ1v) is 12.1. The van der Waals surface area contributed by atoms with Crippen LogP contribution < -0.4 is 4.98 Å².